The second-order valence-corrected chi connectivity index (χ2v) is 8.70. The molecule has 110 valence electrons. The zero-order valence-corrected chi connectivity index (χ0v) is 12.8. The normalized spacial score (nSPS) is 32.7. The van der Waals surface area contributed by atoms with E-state index in [9.17, 15) is 13.2 Å². The predicted molar refractivity (Wildman–Crippen MR) is 75.8 cm³/mol. The van der Waals surface area contributed by atoms with Crippen LogP contribution in [0.3, 0.4) is 0 Å². The molecule has 19 heavy (non-hydrogen) atoms. The van der Waals surface area contributed by atoms with E-state index < -0.39 is 9.84 Å². The van der Waals surface area contributed by atoms with Gasteiger partial charge < -0.3 is 4.90 Å². The number of nitrogens with zero attached hydrogens (tertiary/aromatic N) is 1. The fraction of sp³-hybridized carbons (Fsp3) is 0.929. The zero-order valence-electron chi connectivity index (χ0n) is 12.0. The number of ketones is 1. The molecular weight excluding hydrogens is 262 g/mol. The summed E-state index contributed by atoms with van der Waals surface area (Å²) in [6.07, 6.45) is 2.72. The van der Waals surface area contributed by atoms with Crippen LogP contribution in [0.2, 0.25) is 0 Å². The van der Waals surface area contributed by atoms with Crippen LogP contribution >= 0.6 is 0 Å². The monoisotopic (exact) mass is 287 g/mol. The molecule has 1 saturated heterocycles. The van der Waals surface area contributed by atoms with Crippen molar-refractivity contribution in [3.8, 4) is 0 Å². The third-order valence-electron chi connectivity index (χ3n) is 4.66. The summed E-state index contributed by atoms with van der Waals surface area (Å²) in [6, 6.07) is 0. The summed E-state index contributed by atoms with van der Waals surface area (Å²) in [7, 11) is -2.82. The highest BCUT2D eigenvalue weighted by atomic mass is 32.2. The number of sulfone groups is 1. The minimum atomic E-state index is -2.82. The van der Waals surface area contributed by atoms with E-state index in [1.54, 1.807) is 0 Å². The van der Waals surface area contributed by atoms with E-state index in [0.29, 0.717) is 37.1 Å². The van der Waals surface area contributed by atoms with Gasteiger partial charge in [0.25, 0.3) is 0 Å². The lowest BCUT2D eigenvalue weighted by Crippen LogP contribution is -2.45. The van der Waals surface area contributed by atoms with Gasteiger partial charge in [0.05, 0.1) is 11.5 Å². The molecular formula is C14H25NO3S. The minimum Gasteiger partial charge on any atom is -0.301 e. The Kier molecular flexibility index (Phi) is 4.66. The fourth-order valence-corrected chi connectivity index (χ4v) is 4.45. The molecule has 0 radical (unpaired) electrons. The van der Waals surface area contributed by atoms with Gasteiger partial charge >= 0.3 is 0 Å². The lowest BCUT2D eigenvalue weighted by Gasteiger charge is -2.35. The van der Waals surface area contributed by atoms with Crippen molar-refractivity contribution in [1.29, 1.82) is 0 Å². The Balaban J connectivity index is 1.89. The summed E-state index contributed by atoms with van der Waals surface area (Å²) in [5.41, 5.74) is 0. The van der Waals surface area contributed by atoms with Crippen LogP contribution in [0.25, 0.3) is 0 Å². The first kappa shape index (κ1) is 15.0. The Morgan fingerprint density at radius 2 is 1.89 bits per heavy atom. The Labute approximate surface area is 116 Å². The zero-order chi connectivity index (χ0) is 14.0. The van der Waals surface area contributed by atoms with Crippen molar-refractivity contribution in [3.63, 3.8) is 0 Å². The molecule has 2 fully saturated rings. The van der Waals surface area contributed by atoms with E-state index in [2.05, 4.69) is 18.7 Å². The molecule has 0 spiro atoms. The Hall–Kier alpha value is -0.420. The van der Waals surface area contributed by atoms with Crippen LogP contribution in [0.4, 0.5) is 0 Å². The van der Waals surface area contributed by atoms with Crippen LogP contribution in [-0.4, -0.2) is 50.2 Å². The molecule has 0 amide bonds. The quantitative estimate of drug-likeness (QED) is 0.786. The minimum absolute atomic E-state index is 0.127. The summed E-state index contributed by atoms with van der Waals surface area (Å²) in [5, 5.41) is 0. The highest BCUT2D eigenvalue weighted by molar-refractivity contribution is 7.91. The smallest absolute Gasteiger partial charge is 0.152 e. The second-order valence-electron chi connectivity index (χ2n) is 6.39. The number of hydrogen-bond acceptors (Lipinski definition) is 4. The summed E-state index contributed by atoms with van der Waals surface area (Å²) in [5.74, 6) is 2.30. The van der Waals surface area contributed by atoms with Crippen molar-refractivity contribution in [2.75, 3.05) is 31.1 Å². The average molecular weight is 287 g/mol. The van der Waals surface area contributed by atoms with E-state index in [0.717, 1.165) is 19.4 Å². The molecule has 0 N–H and O–H groups in total. The molecule has 1 aliphatic heterocycles. The van der Waals surface area contributed by atoms with Gasteiger partial charge in [0.15, 0.2) is 9.84 Å². The van der Waals surface area contributed by atoms with Gasteiger partial charge in [0.2, 0.25) is 0 Å². The highest BCUT2D eigenvalue weighted by Gasteiger charge is 2.32. The standard InChI is InChI=1S/C14H25NO3S/c1-11(2)12-3-4-14(16)13(9-12)10-15-5-7-19(17,18)8-6-15/h11-13H,3-10H2,1-2H3. The summed E-state index contributed by atoms with van der Waals surface area (Å²) < 4.78 is 22.8. The molecule has 2 unspecified atom stereocenters. The van der Waals surface area contributed by atoms with Gasteiger partial charge in [-0.2, -0.15) is 0 Å². The van der Waals surface area contributed by atoms with Crippen molar-refractivity contribution in [1.82, 2.24) is 4.90 Å². The van der Waals surface area contributed by atoms with Gasteiger partial charge in [-0.15, -0.1) is 0 Å². The van der Waals surface area contributed by atoms with Gasteiger partial charge in [0.1, 0.15) is 5.78 Å². The first-order valence-corrected chi connectivity index (χ1v) is 9.15. The van der Waals surface area contributed by atoms with Crippen molar-refractivity contribution < 1.29 is 13.2 Å². The third kappa shape index (κ3) is 4.02. The average Bonchev–Trinajstić information content (AvgIpc) is 2.34. The van der Waals surface area contributed by atoms with Crippen LogP contribution < -0.4 is 0 Å². The van der Waals surface area contributed by atoms with Crippen molar-refractivity contribution in [3.05, 3.63) is 0 Å². The number of carbonyl (C=O) groups is 1. The molecule has 2 aliphatic rings. The van der Waals surface area contributed by atoms with Crippen molar-refractivity contribution in [2.24, 2.45) is 17.8 Å². The second kappa shape index (κ2) is 5.92. The molecule has 5 heteroatoms. The highest BCUT2D eigenvalue weighted by Crippen LogP contribution is 2.32. The third-order valence-corrected chi connectivity index (χ3v) is 6.27. The summed E-state index contributed by atoms with van der Waals surface area (Å²) in [4.78, 5) is 14.2. The number of Topliss-reactive ketones (excluding diaryl/α,β-unsaturated/α-hetero) is 1. The van der Waals surface area contributed by atoms with Crippen molar-refractivity contribution >= 4 is 15.6 Å². The predicted octanol–water partition coefficient (Wildman–Crippen LogP) is 1.36. The van der Waals surface area contributed by atoms with Crippen LogP contribution in [0.5, 0.6) is 0 Å². The molecule has 2 rings (SSSR count). The Bertz CT molecular complexity index is 416. The number of carbonyl (C=O) groups excluding carboxylic acids is 1. The molecule has 1 heterocycles. The maximum atomic E-state index is 12.0. The number of hydrogen-bond donors (Lipinski definition) is 0. The molecule has 1 saturated carbocycles. The van der Waals surface area contributed by atoms with Gasteiger partial charge in [0, 0.05) is 32.0 Å². The molecule has 0 bridgehead atoms. The van der Waals surface area contributed by atoms with E-state index in [4.69, 9.17) is 0 Å². The molecule has 4 nitrogen and oxygen atoms in total. The maximum absolute atomic E-state index is 12.0. The molecule has 1 aliphatic carbocycles. The summed E-state index contributed by atoms with van der Waals surface area (Å²) in [6.45, 7) is 6.41. The molecule has 0 aromatic heterocycles. The van der Waals surface area contributed by atoms with Gasteiger partial charge in [-0.1, -0.05) is 13.8 Å². The topological polar surface area (TPSA) is 54.5 Å². The lowest BCUT2D eigenvalue weighted by atomic mass is 9.75. The van der Waals surface area contributed by atoms with E-state index in [1.807, 2.05) is 0 Å². The van der Waals surface area contributed by atoms with Crippen LogP contribution in [-0.2, 0) is 14.6 Å². The van der Waals surface area contributed by atoms with Crippen LogP contribution in [0.15, 0.2) is 0 Å². The van der Waals surface area contributed by atoms with Crippen LogP contribution in [0.1, 0.15) is 33.1 Å². The molecule has 0 aromatic carbocycles. The lowest BCUT2D eigenvalue weighted by molar-refractivity contribution is -0.126. The largest absolute Gasteiger partial charge is 0.301 e. The van der Waals surface area contributed by atoms with Gasteiger partial charge in [-0.05, 0) is 24.7 Å². The SMILES string of the molecule is CC(C)C1CCC(=O)C(CN2CCS(=O)(=O)CC2)C1. The molecule has 0 aromatic rings. The van der Waals surface area contributed by atoms with Gasteiger partial charge in [-0.3, -0.25) is 4.79 Å². The first-order valence-electron chi connectivity index (χ1n) is 7.33. The Morgan fingerprint density at radius 1 is 1.26 bits per heavy atom. The van der Waals surface area contributed by atoms with Gasteiger partial charge in [-0.25, -0.2) is 8.42 Å². The fourth-order valence-electron chi connectivity index (χ4n) is 3.17. The number of rotatable bonds is 3. The first-order chi connectivity index (χ1) is 8.87. The van der Waals surface area contributed by atoms with E-state index >= 15 is 0 Å². The molecule has 2 atom stereocenters. The van der Waals surface area contributed by atoms with Crippen molar-refractivity contribution in [2.45, 2.75) is 33.1 Å². The van der Waals surface area contributed by atoms with Crippen LogP contribution in [0, 0.1) is 17.8 Å². The Morgan fingerprint density at radius 3 is 2.47 bits per heavy atom. The van der Waals surface area contributed by atoms with E-state index in [-0.39, 0.29) is 17.4 Å². The van der Waals surface area contributed by atoms with E-state index in [1.165, 1.54) is 0 Å². The summed E-state index contributed by atoms with van der Waals surface area (Å²) >= 11 is 0. The maximum Gasteiger partial charge on any atom is 0.152 e.